The van der Waals surface area contributed by atoms with Gasteiger partial charge in [0.2, 0.25) is 0 Å². The fraction of sp³-hybridized carbons (Fsp3) is 1.00. The molecule has 0 aromatic rings. The third kappa shape index (κ3) is 4.87. The van der Waals surface area contributed by atoms with E-state index in [1.165, 1.54) is 32.1 Å². The lowest BCUT2D eigenvalue weighted by molar-refractivity contribution is 0.0159. The van der Waals surface area contributed by atoms with Gasteiger partial charge in [-0.15, -0.1) is 0 Å². The second-order valence-corrected chi connectivity index (χ2v) is 6.13. The molecule has 2 fully saturated rings. The normalized spacial score (nSPS) is 31.2. The molecule has 2 aliphatic heterocycles. The van der Waals surface area contributed by atoms with Gasteiger partial charge >= 0.3 is 0 Å². The predicted molar refractivity (Wildman–Crippen MR) is 73.7 cm³/mol. The summed E-state index contributed by atoms with van der Waals surface area (Å²) in [6.45, 7) is 3.97. The van der Waals surface area contributed by atoms with Crippen molar-refractivity contribution in [2.45, 2.75) is 63.4 Å². The molecular formula is C15H29NO2. The second kappa shape index (κ2) is 7.46. The first kappa shape index (κ1) is 14.3. The maximum atomic E-state index is 10.5. The van der Waals surface area contributed by atoms with Gasteiger partial charge in [0.15, 0.2) is 0 Å². The highest BCUT2D eigenvalue weighted by Crippen LogP contribution is 2.27. The molecule has 0 aromatic carbocycles. The minimum atomic E-state index is -0.376. The van der Waals surface area contributed by atoms with Gasteiger partial charge in [-0.1, -0.05) is 19.3 Å². The lowest BCUT2D eigenvalue weighted by Crippen LogP contribution is -2.29. The SMILES string of the molecule is OC1(CCCCC2CCOCC2)CCCNCC1. The number of nitrogens with one attached hydrogen (secondary N) is 1. The number of unbranched alkanes of at least 4 members (excludes halogenated alkanes) is 1. The molecule has 2 N–H and O–H groups in total. The van der Waals surface area contributed by atoms with Crippen LogP contribution in [-0.4, -0.2) is 37.0 Å². The third-order valence-corrected chi connectivity index (χ3v) is 4.61. The Morgan fingerprint density at radius 2 is 1.94 bits per heavy atom. The summed E-state index contributed by atoms with van der Waals surface area (Å²) in [5.41, 5.74) is -0.376. The van der Waals surface area contributed by atoms with Crippen molar-refractivity contribution >= 4 is 0 Å². The molecule has 0 amide bonds. The maximum Gasteiger partial charge on any atom is 0.0660 e. The van der Waals surface area contributed by atoms with Gasteiger partial charge in [-0.2, -0.15) is 0 Å². The summed E-state index contributed by atoms with van der Waals surface area (Å²) in [4.78, 5) is 0. The molecule has 1 atom stereocenters. The summed E-state index contributed by atoms with van der Waals surface area (Å²) < 4.78 is 5.38. The monoisotopic (exact) mass is 255 g/mol. The van der Waals surface area contributed by atoms with Crippen LogP contribution in [0.1, 0.15) is 57.8 Å². The number of hydrogen-bond acceptors (Lipinski definition) is 3. The fourth-order valence-corrected chi connectivity index (χ4v) is 3.29. The molecule has 106 valence electrons. The Bertz CT molecular complexity index is 219. The zero-order chi connectivity index (χ0) is 12.7. The average Bonchev–Trinajstić information content (AvgIpc) is 2.61. The summed E-state index contributed by atoms with van der Waals surface area (Å²) >= 11 is 0. The Hall–Kier alpha value is -0.120. The van der Waals surface area contributed by atoms with Gasteiger partial charge in [-0.05, 0) is 57.5 Å². The molecule has 2 heterocycles. The minimum absolute atomic E-state index is 0.376. The van der Waals surface area contributed by atoms with Gasteiger partial charge in [0, 0.05) is 13.2 Å². The topological polar surface area (TPSA) is 41.5 Å². The first-order chi connectivity index (χ1) is 8.79. The summed E-state index contributed by atoms with van der Waals surface area (Å²) in [7, 11) is 0. The Morgan fingerprint density at radius 1 is 1.11 bits per heavy atom. The standard InChI is InChI=1S/C15H29NO2/c17-15(8-3-10-16-11-9-15)7-2-1-4-14-5-12-18-13-6-14/h14,16-17H,1-13H2. The van der Waals surface area contributed by atoms with Gasteiger partial charge in [0.05, 0.1) is 5.60 Å². The molecule has 0 spiro atoms. The Kier molecular flexibility index (Phi) is 5.93. The van der Waals surface area contributed by atoms with E-state index in [1.807, 2.05) is 0 Å². The molecule has 0 aliphatic carbocycles. The van der Waals surface area contributed by atoms with Crippen LogP contribution >= 0.6 is 0 Å². The Morgan fingerprint density at radius 3 is 2.78 bits per heavy atom. The summed E-state index contributed by atoms with van der Waals surface area (Å²) in [6.07, 6.45) is 10.3. The van der Waals surface area contributed by atoms with E-state index < -0.39 is 0 Å². The average molecular weight is 255 g/mol. The number of aliphatic hydroxyl groups is 1. The molecule has 1 unspecified atom stereocenters. The van der Waals surface area contributed by atoms with Crippen LogP contribution < -0.4 is 5.32 Å². The van der Waals surface area contributed by atoms with Crippen molar-refractivity contribution in [2.24, 2.45) is 5.92 Å². The van der Waals surface area contributed by atoms with Crippen LogP contribution in [0.2, 0.25) is 0 Å². The number of hydrogen-bond donors (Lipinski definition) is 2. The first-order valence-electron chi connectivity index (χ1n) is 7.79. The van der Waals surface area contributed by atoms with Crippen LogP contribution in [0.15, 0.2) is 0 Å². The van der Waals surface area contributed by atoms with Gasteiger partial charge in [0.25, 0.3) is 0 Å². The van der Waals surface area contributed by atoms with E-state index in [2.05, 4.69) is 5.32 Å². The lowest BCUT2D eigenvalue weighted by Gasteiger charge is -2.27. The van der Waals surface area contributed by atoms with Crippen LogP contribution in [0.25, 0.3) is 0 Å². The highest BCUT2D eigenvalue weighted by molar-refractivity contribution is 4.82. The van der Waals surface area contributed by atoms with Gasteiger partial charge < -0.3 is 15.2 Å². The Labute approximate surface area is 111 Å². The van der Waals surface area contributed by atoms with Crippen LogP contribution in [0.5, 0.6) is 0 Å². The zero-order valence-corrected chi connectivity index (χ0v) is 11.6. The smallest absolute Gasteiger partial charge is 0.0660 e. The van der Waals surface area contributed by atoms with Crippen molar-refractivity contribution < 1.29 is 9.84 Å². The van der Waals surface area contributed by atoms with Crippen molar-refractivity contribution in [1.82, 2.24) is 5.32 Å². The predicted octanol–water partition coefficient (Wildman–Crippen LogP) is 2.48. The van der Waals surface area contributed by atoms with Gasteiger partial charge in [-0.3, -0.25) is 0 Å². The Balaban J connectivity index is 1.58. The lowest BCUT2D eigenvalue weighted by atomic mass is 9.87. The van der Waals surface area contributed by atoms with Crippen LogP contribution in [0.4, 0.5) is 0 Å². The highest BCUT2D eigenvalue weighted by atomic mass is 16.5. The summed E-state index contributed by atoms with van der Waals surface area (Å²) in [6, 6.07) is 0. The second-order valence-electron chi connectivity index (χ2n) is 6.13. The zero-order valence-electron chi connectivity index (χ0n) is 11.6. The van der Waals surface area contributed by atoms with Crippen molar-refractivity contribution in [3.8, 4) is 0 Å². The van der Waals surface area contributed by atoms with E-state index in [0.29, 0.717) is 0 Å². The molecule has 18 heavy (non-hydrogen) atoms. The molecular weight excluding hydrogens is 226 g/mol. The largest absolute Gasteiger partial charge is 0.390 e. The van der Waals surface area contributed by atoms with E-state index in [0.717, 1.165) is 57.9 Å². The van der Waals surface area contributed by atoms with Crippen LogP contribution in [-0.2, 0) is 4.74 Å². The molecule has 3 heteroatoms. The first-order valence-corrected chi connectivity index (χ1v) is 7.79. The van der Waals surface area contributed by atoms with E-state index in [4.69, 9.17) is 4.74 Å². The number of ether oxygens (including phenoxy) is 1. The molecule has 0 bridgehead atoms. The maximum absolute atomic E-state index is 10.5. The summed E-state index contributed by atoms with van der Waals surface area (Å²) in [5.74, 6) is 0.879. The molecule has 2 aliphatic rings. The van der Waals surface area contributed by atoms with Crippen molar-refractivity contribution in [1.29, 1.82) is 0 Å². The van der Waals surface area contributed by atoms with Crippen molar-refractivity contribution in [3.05, 3.63) is 0 Å². The van der Waals surface area contributed by atoms with Gasteiger partial charge in [0.1, 0.15) is 0 Å². The minimum Gasteiger partial charge on any atom is -0.390 e. The van der Waals surface area contributed by atoms with Crippen LogP contribution in [0.3, 0.4) is 0 Å². The summed E-state index contributed by atoms with van der Waals surface area (Å²) in [5, 5.41) is 13.9. The van der Waals surface area contributed by atoms with E-state index in [9.17, 15) is 5.11 Å². The van der Waals surface area contributed by atoms with Crippen molar-refractivity contribution in [3.63, 3.8) is 0 Å². The quantitative estimate of drug-likeness (QED) is 0.742. The van der Waals surface area contributed by atoms with Crippen molar-refractivity contribution in [2.75, 3.05) is 26.3 Å². The van der Waals surface area contributed by atoms with Crippen LogP contribution in [0, 0.1) is 5.92 Å². The molecule has 2 rings (SSSR count). The van der Waals surface area contributed by atoms with E-state index in [-0.39, 0.29) is 5.60 Å². The van der Waals surface area contributed by atoms with E-state index in [1.54, 1.807) is 0 Å². The molecule has 0 aromatic heterocycles. The van der Waals surface area contributed by atoms with E-state index >= 15 is 0 Å². The third-order valence-electron chi connectivity index (χ3n) is 4.61. The molecule has 0 radical (unpaired) electrons. The molecule has 2 saturated heterocycles. The highest BCUT2D eigenvalue weighted by Gasteiger charge is 2.27. The number of rotatable bonds is 5. The van der Waals surface area contributed by atoms with Gasteiger partial charge in [-0.25, -0.2) is 0 Å². The molecule has 3 nitrogen and oxygen atoms in total. The molecule has 0 saturated carbocycles. The fourth-order valence-electron chi connectivity index (χ4n) is 3.29.